The molecule has 1 heterocycles. The smallest absolute Gasteiger partial charge is 0.330 e. The molecule has 1 N–H and O–H groups in total. The number of thiophene rings is 1. The maximum atomic E-state index is 13.9. The van der Waals surface area contributed by atoms with Gasteiger partial charge in [-0.25, -0.2) is 13.6 Å². The number of urea groups is 1. The first-order valence-corrected chi connectivity index (χ1v) is 7.54. The average Bonchev–Trinajstić information content (AvgIpc) is 2.83. The van der Waals surface area contributed by atoms with Gasteiger partial charge in [-0.3, -0.25) is 15.0 Å². The van der Waals surface area contributed by atoms with Crippen LogP contribution in [-0.2, 0) is 4.74 Å². The number of methoxy groups -OCH3 is 1. The number of nitrogens with one attached hydrogen (secondary N) is 1. The van der Waals surface area contributed by atoms with Crippen molar-refractivity contribution in [2.24, 2.45) is 0 Å². The van der Waals surface area contributed by atoms with E-state index in [0.29, 0.717) is 5.56 Å². The van der Waals surface area contributed by atoms with Gasteiger partial charge in [-0.05, 0) is 30.0 Å². The van der Waals surface area contributed by atoms with Gasteiger partial charge in [0.05, 0.1) is 5.69 Å². The van der Waals surface area contributed by atoms with E-state index in [9.17, 15) is 22.8 Å². The van der Waals surface area contributed by atoms with Crippen LogP contribution in [0, 0.1) is 23.7 Å². The number of hydrogen-bond acceptors (Lipinski definition) is 4. The number of aryl methyl sites for hydroxylation is 1. The summed E-state index contributed by atoms with van der Waals surface area (Å²) in [7, 11) is 1.28. The van der Waals surface area contributed by atoms with Crippen LogP contribution in [-0.4, -0.2) is 25.8 Å². The van der Waals surface area contributed by atoms with Crippen molar-refractivity contribution < 1.29 is 27.5 Å². The predicted octanol–water partition coefficient (Wildman–Crippen LogP) is 3.43. The minimum absolute atomic E-state index is 0.0684. The monoisotopic (exact) mass is 358 g/mol. The van der Waals surface area contributed by atoms with Crippen LogP contribution in [0.1, 0.15) is 15.9 Å². The van der Waals surface area contributed by atoms with E-state index in [4.69, 9.17) is 4.74 Å². The van der Waals surface area contributed by atoms with Crippen molar-refractivity contribution >= 4 is 29.0 Å². The fourth-order valence-electron chi connectivity index (χ4n) is 2.02. The van der Waals surface area contributed by atoms with E-state index >= 15 is 0 Å². The molecule has 0 aliphatic rings. The van der Waals surface area contributed by atoms with Crippen LogP contribution in [0.3, 0.4) is 0 Å². The van der Waals surface area contributed by atoms with Gasteiger partial charge in [0.15, 0.2) is 0 Å². The minimum atomic E-state index is -1.27. The number of benzene rings is 1. The van der Waals surface area contributed by atoms with Crippen molar-refractivity contribution in [3.8, 4) is 0 Å². The second-order valence-electron chi connectivity index (χ2n) is 4.74. The zero-order chi connectivity index (χ0) is 17.9. The first-order chi connectivity index (χ1) is 11.4. The van der Waals surface area contributed by atoms with Gasteiger partial charge in [-0.1, -0.05) is 6.07 Å². The molecule has 24 heavy (non-hydrogen) atoms. The number of ether oxygens (including phenoxy) is 1. The van der Waals surface area contributed by atoms with Gasteiger partial charge in [-0.15, -0.1) is 11.3 Å². The number of rotatable bonds is 4. The van der Waals surface area contributed by atoms with Gasteiger partial charge in [-0.2, -0.15) is 4.39 Å². The molecule has 0 bridgehead atoms. The van der Waals surface area contributed by atoms with Gasteiger partial charge >= 0.3 is 6.03 Å². The summed E-state index contributed by atoms with van der Waals surface area (Å²) in [6.07, 6.45) is 0. The molecule has 0 fully saturated rings. The lowest BCUT2D eigenvalue weighted by atomic mass is 10.2. The highest BCUT2D eigenvalue weighted by atomic mass is 32.1. The standard InChI is InChI=1S/C15H13F3N2O3S/c1-8-6-24-13(18)12(8)20(7-23-2)15(22)19-14(21)11-9(16)4-3-5-10(11)17/h3-6H,7H2,1-2H3,(H,19,21,22). The Morgan fingerprint density at radius 3 is 2.38 bits per heavy atom. The molecule has 0 spiro atoms. The summed E-state index contributed by atoms with van der Waals surface area (Å²) in [4.78, 5) is 25.1. The molecular formula is C15H13F3N2O3S. The first-order valence-electron chi connectivity index (χ1n) is 6.66. The van der Waals surface area contributed by atoms with Crippen molar-refractivity contribution in [2.75, 3.05) is 18.7 Å². The Labute approximate surface area is 139 Å². The SMILES string of the molecule is COCN(C(=O)NC(=O)c1c(F)cccc1F)c1c(C)csc1F. The molecule has 9 heteroatoms. The Kier molecular flexibility index (Phi) is 5.58. The molecule has 1 aromatic heterocycles. The van der Waals surface area contributed by atoms with E-state index < -0.39 is 34.3 Å². The number of carbonyl (C=O) groups is 2. The molecule has 3 amide bonds. The van der Waals surface area contributed by atoms with Gasteiger partial charge in [0.25, 0.3) is 5.91 Å². The van der Waals surface area contributed by atoms with Crippen LogP contribution >= 0.6 is 11.3 Å². The number of hydrogen-bond donors (Lipinski definition) is 1. The minimum Gasteiger partial charge on any atom is -0.364 e. The second-order valence-corrected chi connectivity index (χ2v) is 5.57. The second kappa shape index (κ2) is 7.45. The Balaban J connectivity index is 2.27. The average molecular weight is 358 g/mol. The molecule has 2 rings (SSSR count). The molecule has 0 aliphatic carbocycles. The molecule has 0 saturated heterocycles. The fraction of sp³-hybridized carbons (Fsp3) is 0.200. The van der Waals surface area contributed by atoms with Crippen molar-refractivity contribution in [1.29, 1.82) is 0 Å². The van der Waals surface area contributed by atoms with Gasteiger partial charge < -0.3 is 4.74 Å². The van der Waals surface area contributed by atoms with Crippen LogP contribution in [0.4, 0.5) is 23.7 Å². The number of amides is 3. The Bertz CT molecular complexity index is 740. The zero-order valence-corrected chi connectivity index (χ0v) is 13.5. The molecule has 0 saturated carbocycles. The van der Waals surface area contributed by atoms with E-state index in [1.54, 1.807) is 6.92 Å². The van der Waals surface area contributed by atoms with E-state index in [1.165, 1.54) is 12.5 Å². The van der Waals surface area contributed by atoms with Crippen LogP contribution in [0.2, 0.25) is 0 Å². The highest BCUT2D eigenvalue weighted by Gasteiger charge is 2.26. The van der Waals surface area contributed by atoms with E-state index in [-0.39, 0.29) is 12.4 Å². The summed E-state index contributed by atoms with van der Waals surface area (Å²) in [5, 5.41) is 2.67. The highest BCUT2D eigenvalue weighted by Crippen LogP contribution is 2.29. The Hall–Kier alpha value is -2.39. The van der Waals surface area contributed by atoms with Gasteiger partial charge in [0.1, 0.15) is 23.9 Å². The maximum absolute atomic E-state index is 13.9. The number of halogens is 3. The summed E-state index contributed by atoms with van der Waals surface area (Å²) in [5.74, 6) is -3.50. The normalized spacial score (nSPS) is 10.5. The molecule has 128 valence electrons. The van der Waals surface area contributed by atoms with E-state index in [2.05, 4.69) is 0 Å². The lowest BCUT2D eigenvalue weighted by Gasteiger charge is -2.21. The third-order valence-corrected chi connectivity index (χ3v) is 3.95. The molecule has 5 nitrogen and oxygen atoms in total. The summed E-state index contributed by atoms with van der Waals surface area (Å²) in [6, 6.07) is 1.80. The quantitative estimate of drug-likeness (QED) is 0.852. The number of nitrogens with zero attached hydrogens (tertiary/aromatic N) is 1. The fourth-order valence-corrected chi connectivity index (χ4v) is 2.80. The molecule has 0 unspecified atom stereocenters. The highest BCUT2D eigenvalue weighted by molar-refractivity contribution is 7.08. The maximum Gasteiger partial charge on any atom is 0.330 e. The Morgan fingerprint density at radius 1 is 1.25 bits per heavy atom. The predicted molar refractivity (Wildman–Crippen MR) is 82.6 cm³/mol. The van der Waals surface area contributed by atoms with E-state index in [1.807, 2.05) is 5.32 Å². The van der Waals surface area contributed by atoms with Gasteiger partial charge in [0.2, 0.25) is 5.13 Å². The third-order valence-electron chi connectivity index (χ3n) is 3.08. The lowest BCUT2D eigenvalue weighted by molar-refractivity contribution is 0.0955. The topological polar surface area (TPSA) is 58.6 Å². The van der Waals surface area contributed by atoms with Crippen LogP contribution in [0.5, 0.6) is 0 Å². The van der Waals surface area contributed by atoms with Crippen molar-refractivity contribution in [1.82, 2.24) is 5.32 Å². The van der Waals surface area contributed by atoms with E-state index in [0.717, 1.165) is 34.4 Å². The molecule has 0 radical (unpaired) electrons. The zero-order valence-electron chi connectivity index (χ0n) is 12.7. The molecule has 1 aromatic carbocycles. The van der Waals surface area contributed by atoms with Crippen LogP contribution in [0.25, 0.3) is 0 Å². The Morgan fingerprint density at radius 2 is 1.88 bits per heavy atom. The molecule has 2 aromatic rings. The van der Waals surface area contributed by atoms with Gasteiger partial charge in [0, 0.05) is 7.11 Å². The number of anilines is 1. The lowest BCUT2D eigenvalue weighted by Crippen LogP contribution is -2.44. The number of carbonyl (C=O) groups excluding carboxylic acids is 2. The number of imide groups is 1. The largest absolute Gasteiger partial charge is 0.364 e. The summed E-state index contributed by atoms with van der Waals surface area (Å²) in [5.41, 5.74) is -0.513. The summed E-state index contributed by atoms with van der Waals surface area (Å²) in [6.45, 7) is 1.22. The van der Waals surface area contributed by atoms with Crippen LogP contribution in [0.15, 0.2) is 23.6 Å². The molecule has 0 atom stereocenters. The van der Waals surface area contributed by atoms with Crippen LogP contribution < -0.4 is 10.2 Å². The van der Waals surface area contributed by atoms with Crippen molar-refractivity contribution in [3.05, 3.63) is 51.5 Å². The van der Waals surface area contributed by atoms with Crippen molar-refractivity contribution in [2.45, 2.75) is 6.92 Å². The summed E-state index contributed by atoms with van der Waals surface area (Å²) < 4.78 is 45.9. The first kappa shape index (κ1) is 18.0. The summed E-state index contributed by atoms with van der Waals surface area (Å²) >= 11 is 0.774. The molecular weight excluding hydrogens is 345 g/mol. The molecule has 0 aliphatic heterocycles. The third kappa shape index (κ3) is 3.57. The van der Waals surface area contributed by atoms with Crippen molar-refractivity contribution in [3.63, 3.8) is 0 Å².